The Morgan fingerprint density at radius 2 is 1.31 bits per heavy atom. The van der Waals surface area contributed by atoms with Crippen molar-refractivity contribution in [1.82, 2.24) is 19.1 Å². The Morgan fingerprint density at radius 1 is 0.722 bits per heavy atom. The van der Waals surface area contributed by atoms with Crippen molar-refractivity contribution >= 4 is 16.9 Å². The number of pyridine rings is 1. The van der Waals surface area contributed by atoms with Crippen LogP contribution in [0.15, 0.2) is 128 Å². The Hall–Kier alpha value is -4.95. The smallest absolute Gasteiger partial charge is 0.271 e. The molecule has 3 heterocycles. The predicted octanol–water partition coefficient (Wildman–Crippen LogP) is 6.67. The summed E-state index contributed by atoms with van der Waals surface area (Å²) in [5, 5.41) is 1.01. The zero-order chi connectivity index (χ0) is 24.4. The highest BCUT2D eigenvalue weighted by atomic mass is 15.1. The van der Waals surface area contributed by atoms with Gasteiger partial charge in [0.15, 0.2) is 0 Å². The third kappa shape index (κ3) is 3.57. The fourth-order valence-corrected chi connectivity index (χ4v) is 5.03. The molecule has 0 atom stereocenters. The van der Waals surface area contributed by atoms with Crippen molar-refractivity contribution in [3.63, 3.8) is 0 Å². The van der Waals surface area contributed by atoms with Gasteiger partial charge in [-0.2, -0.15) is 0 Å². The van der Waals surface area contributed by atoms with E-state index in [-0.39, 0.29) is 0 Å². The highest BCUT2D eigenvalue weighted by Crippen LogP contribution is 2.40. The molecule has 6 aromatic rings. The Morgan fingerprint density at radius 3 is 1.86 bits per heavy atom. The summed E-state index contributed by atoms with van der Waals surface area (Å²) >= 11 is 0. The number of rotatable bonds is 6. The number of benzene rings is 3. The summed E-state index contributed by atoms with van der Waals surface area (Å²) < 4.78 is 4.26. The molecule has 0 N–H and O–H groups in total. The summed E-state index contributed by atoms with van der Waals surface area (Å²) in [6.45, 7) is 7.87. The monoisotopic (exact) mass is 465 g/mol. The molecule has 0 unspecified atom stereocenters. The van der Waals surface area contributed by atoms with E-state index in [1.54, 1.807) is 6.07 Å². The van der Waals surface area contributed by atoms with Crippen LogP contribution in [-0.2, 0) is 12.1 Å². The summed E-state index contributed by atoms with van der Waals surface area (Å²) in [5.74, 6) is 0.393. The van der Waals surface area contributed by atoms with E-state index in [1.165, 1.54) is 0 Å². The van der Waals surface area contributed by atoms with Gasteiger partial charge in [0.2, 0.25) is 5.65 Å². The highest BCUT2D eigenvalue weighted by molar-refractivity contribution is 5.78. The van der Waals surface area contributed by atoms with E-state index in [2.05, 4.69) is 93.4 Å². The number of hydrogen-bond donors (Lipinski definition) is 0. The first kappa shape index (κ1) is 21.6. The second-order valence-electron chi connectivity index (χ2n) is 8.72. The number of fused-ring (bicyclic) bond motifs is 1. The van der Waals surface area contributed by atoms with Crippen molar-refractivity contribution in [2.75, 3.05) is 0 Å². The van der Waals surface area contributed by atoms with E-state index in [0.29, 0.717) is 12.4 Å². The Bertz CT molecular complexity index is 1560. The van der Waals surface area contributed by atoms with Crippen LogP contribution < -0.4 is 0 Å². The van der Waals surface area contributed by atoms with Gasteiger partial charge in [-0.25, -0.2) is 4.98 Å². The molecule has 172 valence electrons. The van der Waals surface area contributed by atoms with Gasteiger partial charge in [-0.05, 0) is 28.8 Å². The van der Waals surface area contributed by atoms with Gasteiger partial charge < -0.3 is 14.0 Å². The fraction of sp³-hybridized carbons (Fsp3) is 0.0645. The zero-order valence-electron chi connectivity index (χ0n) is 19.6. The quantitative estimate of drug-likeness (QED) is 0.204. The van der Waals surface area contributed by atoms with Gasteiger partial charge in [-0.1, -0.05) is 104 Å². The second-order valence-corrected chi connectivity index (χ2v) is 8.72. The maximum atomic E-state index is 7.32. The largest absolute Gasteiger partial charge is 0.361 e. The SMILES string of the molecule is [C-]#[N+]c1ccc2ccn(Cc3cn(C(c4ccccc4)(c4ccccc4)c4ccccc4)cn3)c2n1. The van der Waals surface area contributed by atoms with Crippen LogP contribution in [0.2, 0.25) is 0 Å². The normalized spacial score (nSPS) is 11.4. The average molecular weight is 466 g/mol. The molecular formula is C31H23N5. The Balaban J connectivity index is 1.52. The maximum absolute atomic E-state index is 7.32. The minimum absolute atomic E-state index is 0.393. The van der Waals surface area contributed by atoms with Gasteiger partial charge in [-0.3, -0.25) is 0 Å². The third-order valence-electron chi connectivity index (χ3n) is 6.64. The van der Waals surface area contributed by atoms with Crippen LogP contribution >= 0.6 is 0 Å². The number of nitrogens with zero attached hydrogens (tertiary/aromatic N) is 5. The van der Waals surface area contributed by atoms with E-state index < -0.39 is 5.54 Å². The molecule has 0 amide bonds. The van der Waals surface area contributed by atoms with Crippen molar-refractivity contribution in [3.8, 4) is 0 Å². The molecule has 3 aromatic heterocycles. The predicted molar refractivity (Wildman–Crippen MR) is 142 cm³/mol. The van der Waals surface area contributed by atoms with Gasteiger partial charge in [0, 0.05) is 17.8 Å². The molecule has 5 nitrogen and oxygen atoms in total. The molecule has 0 fully saturated rings. The molecule has 0 saturated heterocycles. The highest BCUT2D eigenvalue weighted by Gasteiger charge is 2.38. The minimum Gasteiger partial charge on any atom is -0.361 e. The second kappa shape index (κ2) is 9.01. The molecule has 0 aliphatic rings. The number of hydrogen-bond acceptors (Lipinski definition) is 2. The Kier molecular flexibility index (Phi) is 5.40. The summed E-state index contributed by atoms with van der Waals surface area (Å²) in [7, 11) is 0. The Labute approximate surface area is 209 Å². The third-order valence-corrected chi connectivity index (χ3v) is 6.64. The maximum Gasteiger partial charge on any atom is 0.271 e. The van der Waals surface area contributed by atoms with Crippen molar-refractivity contribution in [3.05, 3.63) is 162 Å². The molecule has 0 aliphatic heterocycles. The van der Waals surface area contributed by atoms with Crippen molar-refractivity contribution in [2.45, 2.75) is 12.1 Å². The molecule has 5 heteroatoms. The molecule has 0 aliphatic carbocycles. The molecule has 6 rings (SSSR count). The van der Waals surface area contributed by atoms with Crippen LogP contribution in [0.1, 0.15) is 22.4 Å². The zero-order valence-corrected chi connectivity index (χ0v) is 19.6. The summed E-state index contributed by atoms with van der Waals surface area (Å²) in [5.41, 5.74) is 4.57. The molecule has 0 radical (unpaired) electrons. The molecule has 0 spiro atoms. The van der Waals surface area contributed by atoms with E-state index in [9.17, 15) is 0 Å². The average Bonchev–Trinajstić information content (AvgIpc) is 3.58. The van der Waals surface area contributed by atoms with Crippen LogP contribution in [0.4, 0.5) is 5.82 Å². The van der Waals surface area contributed by atoms with Gasteiger partial charge in [0.1, 0.15) is 5.54 Å². The van der Waals surface area contributed by atoms with E-state index in [0.717, 1.165) is 33.4 Å². The molecule has 3 aromatic carbocycles. The summed E-state index contributed by atoms with van der Waals surface area (Å²) in [6, 6.07) is 37.4. The topological polar surface area (TPSA) is 40.0 Å². The van der Waals surface area contributed by atoms with Crippen LogP contribution in [0, 0.1) is 6.57 Å². The van der Waals surface area contributed by atoms with E-state index >= 15 is 0 Å². The standard InChI is InChI=1S/C31H23N5/c1-32-29-18-17-24-19-20-35(30(24)34-29)21-28-22-36(23-33-28)31(25-11-5-2-6-12-25,26-13-7-3-8-14-26)27-15-9-4-10-16-27/h2-20,22-23H,21H2. The molecular weight excluding hydrogens is 442 g/mol. The van der Waals surface area contributed by atoms with Crippen LogP contribution in [0.3, 0.4) is 0 Å². The van der Waals surface area contributed by atoms with Crippen LogP contribution in [0.5, 0.6) is 0 Å². The minimum atomic E-state index is -0.594. The van der Waals surface area contributed by atoms with Crippen molar-refractivity contribution < 1.29 is 0 Å². The lowest BCUT2D eigenvalue weighted by molar-refractivity contribution is 0.514. The first-order valence-electron chi connectivity index (χ1n) is 11.8. The lowest BCUT2D eigenvalue weighted by Crippen LogP contribution is -2.36. The van der Waals surface area contributed by atoms with Gasteiger partial charge in [0.05, 0.1) is 18.6 Å². The lowest BCUT2D eigenvalue weighted by Gasteiger charge is -2.37. The van der Waals surface area contributed by atoms with Gasteiger partial charge >= 0.3 is 0 Å². The number of aromatic nitrogens is 4. The summed E-state index contributed by atoms with van der Waals surface area (Å²) in [4.78, 5) is 12.9. The van der Waals surface area contributed by atoms with Crippen LogP contribution in [-0.4, -0.2) is 19.1 Å². The van der Waals surface area contributed by atoms with E-state index in [1.807, 2.05) is 47.4 Å². The molecule has 36 heavy (non-hydrogen) atoms. The first-order chi connectivity index (χ1) is 17.8. The number of imidazole rings is 1. The first-order valence-corrected chi connectivity index (χ1v) is 11.8. The molecule has 0 saturated carbocycles. The van der Waals surface area contributed by atoms with Crippen molar-refractivity contribution in [1.29, 1.82) is 0 Å². The van der Waals surface area contributed by atoms with Crippen molar-refractivity contribution in [2.24, 2.45) is 0 Å². The van der Waals surface area contributed by atoms with Gasteiger partial charge in [0.25, 0.3) is 5.82 Å². The van der Waals surface area contributed by atoms with Gasteiger partial charge in [-0.15, -0.1) is 4.98 Å². The lowest BCUT2D eigenvalue weighted by atomic mass is 9.77. The van der Waals surface area contributed by atoms with E-state index in [4.69, 9.17) is 11.6 Å². The molecule has 0 bridgehead atoms. The summed E-state index contributed by atoms with van der Waals surface area (Å²) in [6.07, 6.45) is 6.05. The van der Waals surface area contributed by atoms with Crippen LogP contribution in [0.25, 0.3) is 15.9 Å². The fourth-order valence-electron chi connectivity index (χ4n) is 5.03.